The van der Waals surface area contributed by atoms with E-state index in [9.17, 15) is 13.2 Å². The van der Waals surface area contributed by atoms with Gasteiger partial charge in [-0.3, -0.25) is 0 Å². The van der Waals surface area contributed by atoms with Crippen molar-refractivity contribution in [3.8, 4) is 0 Å². The fraction of sp³-hybridized carbons (Fsp3) is 0.565. The molecule has 2 rings (SSSR count). The fourth-order valence-corrected chi connectivity index (χ4v) is 3.17. The molecule has 2 atom stereocenters. The molecule has 0 aromatic heterocycles. The first-order valence-electron chi connectivity index (χ1n) is 10.2. The van der Waals surface area contributed by atoms with E-state index in [1.54, 1.807) is 6.07 Å². The third kappa shape index (κ3) is 8.34. The molecular weight excluding hydrogens is 349 g/mol. The number of unbranched alkanes of at least 4 members (excludes halogenated alkanes) is 8. The Labute approximate surface area is 161 Å². The lowest BCUT2D eigenvalue weighted by atomic mass is 10.1. The van der Waals surface area contributed by atoms with E-state index in [0.717, 1.165) is 12.5 Å². The summed E-state index contributed by atoms with van der Waals surface area (Å²) >= 11 is 0. The van der Waals surface area contributed by atoms with Crippen LogP contribution >= 0.6 is 0 Å². The number of rotatable bonds is 12. The van der Waals surface area contributed by atoms with E-state index in [-0.39, 0.29) is 12.2 Å². The van der Waals surface area contributed by atoms with Crippen molar-refractivity contribution >= 4 is 0 Å². The van der Waals surface area contributed by atoms with E-state index in [1.165, 1.54) is 63.5 Å². The Hall–Kier alpha value is -1.55. The number of alkyl halides is 3. The lowest BCUT2D eigenvalue weighted by molar-refractivity contribution is -0.137. The first-order chi connectivity index (χ1) is 13.0. The molecule has 1 heterocycles. The van der Waals surface area contributed by atoms with Gasteiger partial charge in [-0.15, -0.1) is 0 Å². The second-order valence-electron chi connectivity index (χ2n) is 7.22. The summed E-state index contributed by atoms with van der Waals surface area (Å²) in [5.41, 5.74) is -0.0362. The van der Waals surface area contributed by atoms with Crippen LogP contribution in [0.25, 0.3) is 0 Å². The topological polar surface area (TPSA) is 12.5 Å². The van der Waals surface area contributed by atoms with Gasteiger partial charge in [-0.05, 0) is 30.5 Å². The number of halogens is 3. The van der Waals surface area contributed by atoms with Gasteiger partial charge in [0.2, 0.25) is 0 Å². The van der Waals surface area contributed by atoms with Gasteiger partial charge in [0.25, 0.3) is 0 Å². The van der Waals surface area contributed by atoms with E-state index in [4.69, 9.17) is 4.74 Å². The molecule has 0 bridgehead atoms. The lowest BCUT2D eigenvalue weighted by Gasteiger charge is -2.07. The van der Waals surface area contributed by atoms with Crippen molar-refractivity contribution in [2.45, 2.75) is 83.1 Å². The van der Waals surface area contributed by atoms with Crippen LogP contribution in [0, 0.1) is 0 Å². The highest BCUT2D eigenvalue weighted by Crippen LogP contribution is 2.41. The first kappa shape index (κ1) is 21.7. The number of benzene rings is 1. The highest BCUT2D eigenvalue weighted by molar-refractivity contribution is 5.31. The Morgan fingerprint density at radius 3 is 2.37 bits per heavy atom. The van der Waals surface area contributed by atoms with Crippen LogP contribution in [0.15, 0.2) is 48.6 Å². The number of hydrogen-bond acceptors (Lipinski definition) is 1. The van der Waals surface area contributed by atoms with Crippen molar-refractivity contribution in [3.05, 3.63) is 59.7 Å². The Balaban J connectivity index is 1.58. The molecule has 1 aromatic carbocycles. The van der Waals surface area contributed by atoms with Crippen LogP contribution in [0.2, 0.25) is 0 Å². The van der Waals surface area contributed by atoms with Crippen molar-refractivity contribution in [1.82, 2.24) is 0 Å². The van der Waals surface area contributed by atoms with Gasteiger partial charge < -0.3 is 4.74 Å². The van der Waals surface area contributed by atoms with Crippen LogP contribution in [0.3, 0.4) is 0 Å². The molecule has 4 heteroatoms. The molecule has 0 radical (unpaired) electrons. The summed E-state index contributed by atoms with van der Waals surface area (Å²) in [4.78, 5) is 0. The summed E-state index contributed by atoms with van der Waals surface area (Å²) in [6.07, 6.45) is 14.9. The Bertz CT molecular complexity index is 604. The van der Waals surface area contributed by atoms with E-state index in [0.29, 0.717) is 5.56 Å². The number of hydrogen-bond donors (Lipinski definition) is 0. The highest BCUT2D eigenvalue weighted by Gasteiger charge is 2.39. The minimum absolute atomic E-state index is 0.124. The highest BCUT2D eigenvalue weighted by atomic mass is 19.4. The summed E-state index contributed by atoms with van der Waals surface area (Å²) < 4.78 is 43.7. The minimum Gasteiger partial charge on any atom is -0.360 e. The summed E-state index contributed by atoms with van der Waals surface area (Å²) in [5.74, 6) is 0. The molecule has 0 unspecified atom stereocenters. The predicted octanol–water partition coefficient (Wildman–Crippen LogP) is 7.79. The van der Waals surface area contributed by atoms with Gasteiger partial charge in [0.1, 0.15) is 12.2 Å². The maximum atomic E-state index is 12.8. The summed E-state index contributed by atoms with van der Waals surface area (Å²) in [6.45, 7) is 2.24. The van der Waals surface area contributed by atoms with Crippen molar-refractivity contribution < 1.29 is 17.9 Å². The molecule has 0 saturated carbocycles. The Kier molecular flexibility index (Phi) is 9.12. The van der Waals surface area contributed by atoms with Crippen molar-refractivity contribution in [2.24, 2.45) is 0 Å². The van der Waals surface area contributed by atoms with Gasteiger partial charge in [0.05, 0.1) is 5.56 Å². The van der Waals surface area contributed by atoms with Gasteiger partial charge in [-0.2, -0.15) is 13.2 Å². The molecule has 1 nitrogen and oxygen atoms in total. The smallest absolute Gasteiger partial charge is 0.360 e. The monoisotopic (exact) mass is 380 g/mol. The maximum Gasteiger partial charge on any atom is 0.416 e. The van der Waals surface area contributed by atoms with Gasteiger partial charge in [0, 0.05) is 0 Å². The number of allylic oxidation sites excluding steroid dienone is 3. The molecule has 150 valence electrons. The number of epoxide rings is 1. The van der Waals surface area contributed by atoms with Gasteiger partial charge in [-0.25, -0.2) is 0 Å². The second-order valence-corrected chi connectivity index (χ2v) is 7.22. The van der Waals surface area contributed by atoms with Gasteiger partial charge in [-0.1, -0.05) is 88.3 Å². The number of ether oxygens (including phenoxy) is 1. The fourth-order valence-electron chi connectivity index (χ4n) is 3.17. The lowest BCUT2D eigenvalue weighted by Crippen LogP contribution is -2.05. The van der Waals surface area contributed by atoms with Crippen molar-refractivity contribution in [3.63, 3.8) is 0 Å². The predicted molar refractivity (Wildman–Crippen MR) is 105 cm³/mol. The third-order valence-corrected chi connectivity index (χ3v) is 4.84. The standard InChI is InChI=1S/C23H31F3O/c1-2-3-4-5-6-7-8-9-10-11-12-13-17-21-22(27-21)19-15-14-16-20(18-19)23(24,25)26/h11-18,21-22H,2-10H2,1H3/t21-,22-/m0/s1. The van der Waals surface area contributed by atoms with E-state index in [2.05, 4.69) is 13.0 Å². The van der Waals surface area contributed by atoms with Crippen LogP contribution in [0.5, 0.6) is 0 Å². The van der Waals surface area contributed by atoms with Gasteiger partial charge >= 0.3 is 6.18 Å². The van der Waals surface area contributed by atoms with Gasteiger partial charge in [0.15, 0.2) is 0 Å². The van der Waals surface area contributed by atoms with Crippen LogP contribution in [0.1, 0.15) is 81.9 Å². The molecule has 1 aliphatic rings. The zero-order valence-corrected chi connectivity index (χ0v) is 16.2. The molecule has 1 aliphatic heterocycles. The molecule has 0 N–H and O–H groups in total. The minimum atomic E-state index is -4.31. The zero-order valence-electron chi connectivity index (χ0n) is 16.2. The van der Waals surface area contributed by atoms with Crippen LogP contribution in [0.4, 0.5) is 13.2 Å². The summed E-state index contributed by atoms with van der Waals surface area (Å²) in [5, 5.41) is 0. The Morgan fingerprint density at radius 2 is 1.67 bits per heavy atom. The molecule has 1 fully saturated rings. The van der Waals surface area contributed by atoms with Crippen molar-refractivity contribution in [1.29, 1.82) is 0 Å². The maximum absolute atomic E-state index is 12.8. The second kappa shape index (κ2) is 11.3. The third-order valence-electron chi connectivity index (χ3n) is 4.84. The van der Waals surface area contributed by atoms with E-state index >= 15 is 0 Å². The zero-order chi connectivity index (χ0) is 19.5. The molecule has 1 aromatic rings. The average Bonchev–Trinajstić information content (AvgIpc) is 3.42. The summed E-state index contributed by atoms with van der Waals surface area (Å²) in [6, 6.07) is 5.39. The molecular formula is C23H31F3O. The molecule has 1 saturated heterocycles. The van der Waals surface area contributed by atoms with E-state index in [1.807, 2.05) is 18.2 Å². The normalized spacial score (nSPS) is 20.0. The first-order valence-corrected chi connectivity index (χ1v) is 10.2. The van der Waals surface area contributed by atoms with E-state index < -0.39 is 11.7 Å². The van der Waals surface area contributed by atoms with Crippen LogP contribution in [-0.4, -0.2) is 6.10 Å². The summed E-state index contributed by atoms with van der Waals surface area (Å²) in [7, 11) is 0. The molecule has 27 heavy (non-hydrogen) atoms. The molecule has 0 amide bonds. The Morgan fingerprint density at radius 1 is 0.963 bits per heavy atom. The largest absolute Gasteiger partial charge is 0.416 e. The molecule has 0 spiro atoms. The molecule has 0 aliphatic carbocycles. The van der Waals surface area contributed by atoms with Crippen molar-refractivity contribution in [2.75, 3.05) is 0 Å². The SMILES string of the molecule is CCCCCCCCCCC=CC=C[C@@H]1O[C@H]1c1cccc(C(F)(F)F)c1. The van der Waals surface area contributed by atoms with Crippen LogP contribution in [-0.2, 0) is 10.9 Å². The quantitative estimate of drug-likeness (QED) is 0.205. The average molecular weight is 380 g/mol. The van der Waals surface area contributed by atoms with Crippen LogP contribution < -0.4 is 0 Å².